The van der Waals surface area contributed by atoms with E-state index in [2.05, 4.69) is 14.7 Å². The number of aliphatic imine (C=N–C) groups is 1. The molecule has 1 aliphatic rings. The van der Waals surface area contributed by atoms with Gasteiger partial charge in [0.1, 0.15) is 17.3 Å². The fraction of sp³-hybridized carbons (Fsp3) is 0.300. The maximum absolute atomic E-state index is 13.5. The Morgan fingerprint density at radius 2 is 1.78 bits per heavy atom. The highest BCUT2D eigenvalue weighted by Crippen LogP contribution is 2.32. The van der Waals surface area contributed by atoms with Crippen molar-refractivity contribution in [2.75, 3.05) is 12.3 Å². The van der Waals surface area contributed by atoms with Crippen molar-refractivity contribution in [2.24, 2.45) is 10.7 Å². The summed E-state index contributed by atoms with van der Waals surface area (Å²) >= 11 is 0. The van der Waals surface area contributed by atoms with Gasteiger partial charge in [-0.3, -0.25) is 14.6 Å². The van der Waals surface area contributed by atoms with E-state index in [4.69, 9.17) is 16.3 Å². The van der Waals surface area contributed by atoms with Crippen molar-refractivity contribution in [3.05, 3.63) is 77.6 Å². The summed E-state index contributed by atoms with van der Waals surface area (Å²) < 4.78 is 28.3. The number of nitrogens with zero attached hydrogens (tertiary/aromatic N) is 3. The number of hydrogen-bond acceptors (Lipinski definition) is 8. The van der Waals surface area contributed by atoms with Crippen LogP contribution in [0, 0.1) is 0 Å². The molecule has 0 aliphatic carbocycles. The number of aromatic nitrogens is 1. The third-order valence-corrected chi connectivity index (χ3v) is 7.81. The Bertz CT molecular complexity index is 1590. The minimum Gasteiger partial charge on any atom is -0.399 e. The van der Waals surface area contributed by atoms with Gasteiger partial charge in [0.2, 0.25) is 10.0 Å². The van der Waals surface area contributed by atoms with Gasteiger partial charge in [-0.1, -0.05) is 31.2 Å². The first kappa shape index (κ1) is 29.9. The van der Waals surface area contributed by atoms with Crippen molar-refractivity contribution >= 4 is 39.2 Å². The van der Waals surface area contributed by atoms with Crippen LogP contribution in [-0.2, 0) is 26.3 Å². The standard InChI is InChI=1S/C30H36N6O4S/c1-5-12-36(40-19-20-6-10-25(31)11-7-20)29(37)23-13-22-9-8-21(15-27(22)34-28(32)16-23)24-14-26(18-33-17-24)41(38,39)35-30(2,3)4/h6-11,13-15,17-18,35H,5,12,16,19,31H2,1-4H3,(H2,32,34). The van der Waals surface area contributed by atoms with E-state index in [0.29, 0.717) is 46.6 Å². The Morgan fingerprint density at radius 1 is 1.05 bits per heavy atom. The zero-order valence-electron chi connectivity index (χ0n) is 23.7. The van der Waals surface area contributed by atoms with E-state index in [1.807, 2.05) is 31.2 Å². The van der Waals surface area contributed by atoms with Crippen molar-refractivity contribution in [1.29, 1.82) is 0 Å². The molecule has 11 heteroatoms. The summed E-state index contributed by atoms with van der Waals surface area (Å²) in [6.45, 7) is 7.92. The average molecular weight is 577 g/mol. The highest BCUT2D eigenvalue weighted by Gasteiger charge is 2.24. The Balaban J connectivity index is 1.60. The molecule has 0 saturated carbocycles. The molecule has 41 heavy (non-hydrogen) atoms. The minimum absolute atomic E-state index is 0.0608. The number of anilines is 1. The number of fused-ring (bicyclic) bond motifs is 1. The van der Waals surface area contributed by atoms with Crippen LogP contribution in [0.2, 0.25) is 0 Å². The number of nitrogens with two attached hydrogens (primary N) is 2. The summed E-state index contributed by atoms with van der Waals surface area (Å²) in [7, 11) is -3.76. The van der Waals surface area contributed by atoms with Crippen LogP contribution in [0.15, 0.2) is 76.4 Å². The largest absolute Gasteiger partial charge is 0.399 e. The molecular formula is C30H36N6O4S. The summed E-state index contributed by atoms with van der Waals surface area (Å²) in [6, 6.07) is 14.3. The second-order valence-electron chi connectivity index (χ2n) is 10.9. The number of hydroxylamine groups is 2. The Labute approximate surface area is 241 Å². The van der Waals surface area contributed by atoms with Crippen LogP contribution >= 0.6 is 0 Å². The van der Waals surface area contributed by atoms with Gasteiger partial charge in [-0.25, -0.2) is 23.2 Å². The minimum atomic E-state index is -3.76. The number of rotatable bonds is 9. The van der Waals surface area contributed by atoms with Crippen molar-refractivity contribution in [2.45, 2.75) is 57.6 Å². The van der Waals surface area contributed by atoms with Crippen molar-refractivity contribution in [3.8, 4) is 11.1 Å². The van der Waals surface area contributed by atoms with E-state index < -0.39 is 15.6 Å². The third-order valence-electron chi connectivity index (χ3n) is 6.09. The normalized spacial score (nSPS) is 13.6. The topological polar surface area (TPSA) is 153 Å². The van der Waals surface area contributed by atoms with Crippen LogP contribution < -0.4 is 16.2 Å². The molecule has 0 unspecified atom stereocenters. The maximum atomic E-state index is 13.5. The zero-order valence-corrected chi connectivity index (χ0v) is 24.5. The highest BCUT2D eigenvalue weighted by atomic mass is 32.2. The highest BCUT2D eigenvalue weighted by molar-refractivity contribution is 7.89. The van der Waals surface area contributed by atoms with Crippen LogP contribution in [0.4, 0.5) is 11.4 Å². The Hall–Kier alpha value is -4.06. The Kier molecular flexibility index (Phi) is 8.91. The van der Waals surface area contributed by atoms with Crippen LogP contribution in [0.5, 0.6) is 0 Å². The van der Waals surface area contributed by atoms with Crippen LogP contribution in [0.25, 0.3) is 17.2 Å². The molecule has 10 nitrogen and oxygen atoms in total. The van der Waals surface area contributed by atoms with Gasteiger partial charge in [0.15, 0.2) is 0 Å². The molecule has 1 aliphatic heterocycles. The lowest BCUT2D eigenvalue weighted by molar-refractivity contribution is -0.187. The van der Waals surface area contributed by atoms with E-state index in [9.17, 15) is 13.2 Å². The number of amides is 1. The van der Waals surface area contributed by atoms with Gasteiger partial charge >= 0.3 is 0 Å². The van der Waals surface area contributed by atoms with Gasteiger partial charge in [0.25, 0.3) is 5.91 Å². The molecule has 4 rings (SSSR count). The first-order valence-electron chi connectivity index (χ1n) is 13.3. The van der Waals surface area contributed by atoms with Gasteiger partial charge in [-0.05, 0) is 68.7 Å². The molecule has 0 atom stereocenters. The fourth-order valence-corrected chi connectivity index (χ4v) is 5.65. The van der Waals surface area contributed by atoms with E-state index in [0.717, 1.165) is 5.56 Å². The third kappa shape index (κ3) is 7.78. The molecule has 1 amide bonds. The lowest BCUT2D eigenvalue weighted by Crippen LogP contribution is -2.40. The summed E-state index contributed by atoms with van der Waals surface area (Å²) in [5.74, 6) is -0.00913. The van der Waals surface area contributed by atoms with Crippen LogP contribution in [0.1, 0.15) is 51.7 Å². The number of nitrogens with one attached hydrogen (secondary N) is 1. The number of carbonyl (C=O) groups excluding carboxylic acids is 1. The van der Waals surface area contributed by atoms with E-state index in [-0.39, 0.29) is 29.7 Å². The molecule has 0 fully saturated rings. The Morgan fingerprint density at radius 3 is 2.46 bits per heavy atom. The summed E-state index contributed by atoms with van der Waals surface area (Å²) in [4.78, 5) is 28.2. The quantitative estimate of drug-likeness (QED) is 0.249. The molecule has 0 spiro atoms. The van der Waals surface area contributed by atoms with Crippen molar-refractivity contribution < 1.29 is 18.0 Å². The molecule has 2 heterocycles. The first-order chi connectivity index (χ1) is 19.3. The molecular weight excluding hydrogens is 540 g/mol. The summed E-state index contributed by atoms with van der Waals surface area (Å²) in [6.07, 6.45) is 5.54. The lowest BCUT2D eigenvalue weighted by Gasteiger charge is -2.22. The predicted octanol–water partition coefficient (Wildman–Crippen LogP) is 4.55. The predicted molar refractivity (Wildman–Crippen MR) is 161 cm³/mol. The van der Waals surface area contributed by atoms with E-state index in [1.54, 1.807) is 57.3 Å². The number of hydrogen-bond donors (Lipinski definition) is 3. The first-order valence-corrected chi connectivity index (χ1v) is 14.8. The molecule has 3 aromatic rings. The van der Waals surface area contributed by atoms with Gasteiger partial charge in [-0.15, -0.1) is 0 Å². The van der Waals surface area contributed by atoms with Crippen molar-refractivity contribution in [3.63, 3.8) is 0 Å². The number of benzene rings is 2. The smallest absolute Gasteiger partial charge is 0.273 e. The lowest BCUT2D eigenvalue weighted by atomic mass is 10.0. The van der Waals surface area contributed by atoms with Gasteiger partial charge in [0.05, 0.1) is 5.69 Å². The molecule has 0 bridgehead atoms. The maximum Gasteiger partial charge on any atom is 0.273 e. The molecule has 0 radical (unpaired) electrons. The molecule has 2 aromatic carbocycles. The average Bonchev–Trinajstić information content (AvgIpc) is 3.07. The monoisotopic (exact) mass is 576 g/mol. The number of pyridine rings is 1. The summed E-state index contributed by atoms with van der Waals surface area (Å²) in [5.41, 5.74) is 16.0. The second kappa shape index (κ2) is 12.2. The number of carbonyl (C=O) groups is 1. The second-order valence-corrected chi connectivity index (χ2v) is 12.6. The van der Waals surface area contributed by atoms with Gasteiger partial charge in [0, 0.05) is 53.3 Å². The molecule has 0 saturated heterocycles. The van der Waals surface area contributed by atoms with Gasteiger partial charge < -0.3 is 11.5 Å². The van der Waals surface area contributed by atoms with Crippen molar-refractivity contribution in [1.82, 2.24) is 14.8 Å². The number of sulfonamides is 1. The molecule has 216 valence electrons. The molecule has 5 N–H and O–H groups in total. The summed E-state index contributed by atoms with van der Waals surface area (Å²) in [5, 5.41) is 1.36. The number of amidine groups is 1. The molecule has 1 aromatic heterocycles. The van der Waals surface area contributed by atoms with Crippen LogP contribution in [0.3, 0.4) is 0 Å². The SMILES string of the molecule is CCCN(OCc1ccc(N)cc1)C(=O)C1=Cc2ccc(-c3cncc(S(=O)(=O)NC(C)(C)C)c3)cc2N=C(N)C1. The van der Waals surface area contributed by atoms with E-state index in [1.165, 1.54) is 11.3 Å². The van der Waals surface area contributed by atoms with E-state index >= 15 is 0 Å². The number of nitrogen functional groups attached to an aromatic ring is 1. The van der Waals surface area contributed by atoms with Gasteiger partial charge in [-0.2, -0.15) is 0 Å². The zero-order chi connectivity index (χ0) is 29.8. The van der Waals surface area contributed by atoms with Crippen LogP contribution in [-0.4, -0.2) is 42.3 Å². The fourth-order valence-electron chi connectivity index (χ4n) is 4.25.